The minimum atomic E-state index is 0. The van der Waals surface area contributed by atoms with E-state index in [2.05, 4.69) is 24.8 Å². The number of hydrogen-bond acceptors (Lipinski definition) is 1. The standard InChI is InChI=1S/C13H12O.H2O/c1-2-10-14-13-9-5-7-11-6-3-4-8-12(11)13;/h2-9H,1,10H2;1H2. The Morgan fingerprint density at radius 2 is 1.80 bits per heavy atom. The summed E-state index contributed by atoms with van der Waals surface area (Å²) >= 11 is 0. The van der Waals surface area contributed by atoms with E-state index in [0.717, 1.165) is 11.1 Å². The third kappa shape index (κ3) is 2.36. The Bertz CT molecular complexity index is 444. The topological polar surface area (TPSA) is 40.7 Å². The van der Waals surface area contributed by atoms with Crippen molar-refractivity contribution in [2.75, 3.05) is 6.61 Å². The molecule has 2 N–H and O–H groups in total. The lowest BCUT2D eigenvalue weighted by atomic mass is 10.1. The molecule has 0 aliphatic heterocycles. The maximum atomic E-state index is 5.55. The summed E-state index contributed by atoms with van der Waals surface area (Å²) in [5.74, 6) is 0.919. The highest BCUT2D eigenvalue weighted by atomic mass is 16.5. The summed E-state index contributed by atoms with van der Waals surface area (Å²) in [6, 6.07) is 14.2. The van der Waals surface area contributed by atoms with Crippen molar-refractivity contribution in [2.24, 2.45) is 0 Å². The first kappa shape index (κ1) is 11.3. The summed E-state index contributed by atoms with van der Waals surface area (Å²) in [4.78, 5) is 0. The Balaban J connectivity index is 0.00000112. The first-order valence-corrected chi connectivity index (χ1v) is 4.63. The Morgan fingerprint density at radius 1 is 1.07 bits per heavy atom. The van der Waals surface area contributed by atoms with E-state index in [4.69, 9.17) is 4.74 Å². The molecular formula is C13H14O2. The van der Waals surface area contributed by atoms with Gasteiger partial charge in [0.1, 0.15) is 12.4 Å². The molecule has 2 aromatic carbocycles. The molecule has 2 aromatic rings. The first-order valence-electron chi connectivity index (χ1n) is 4.63. The lowest BCUT2D eigenvalue weighted by Gasteiger charge is -2.06. The molecule has 78 valence electrons. The van der Waals surface area contributed by atoms with Gasteiger partial charge in [0.15, 0.2) is 0 Å². The molecule has 0 fully saturated rings. The van der Waals surface area contributed by atoms with Crippen LogP contribution in [-0.2, 0) is 0 Å². The van der Waals surface area contributed by atoms with Crippen LogP contribution in [0.2, 0.25) is 0 Å². The molecule has 0 radical (unpaired) electrons. The van der Waals surface area contributed by atoms with Crippen molar-refractivity contribution in [3.05, 3.63) is 55.1 Å². The van der Waals surface area contributed by atoms with Crippen LogP contribution in [0.15, 0.2) is 55.1 Å². The second-order valence-electron chi connectivity index (χ2n) is 3.08. The number of rotatable bonds is 3. The fraction of sp³-hybridized carbons (Fsp3) is 0.0769. The van der Waals surface area contributed by atoms with Crippen molar-refractivity contribution in [1.82, 2.24) is 0 Å². The second kappa shape index (κ2) is 5.17. The highest BCUT2D eigenvalue weighted by Crippen LogP contribution is 2.24. The van der Waals surface area contributed by atoms with Crippen LogP contribution in [0.1, 0.15) is 0 Å². The van der Waals surface area contributed by atoms with Crippen LogP contribution >= 0.6 is 0 Å². The van der Waals surface area contributed by atoms with E-state index in [1.165, 1.54) is 5.39 Å². The van der Waals surface area contributed by atoms with E-state index in [1.54, 1.807) is 6.08 Å². The van der Waals surface area contributed by atoms with Gasteiger partial charge in [-0.15, -0.1) is 0 Å². The monoisotopic (exact) mass is 202 g/mol. The van der Waals surface area contributed by atoms with Crippen LogP contribution in [0.25, 0.3) is 10.8 Å². The van der Waals surface area contributed by atoms with Crippen LogP contribution in [0.4, 0.5) is 0 Å². The number of fused-ring (bicyclic) bond motifs is 1. The molecule has 0 amide bonds. The Hall–Kier alpha value is -1.80. The van der Waals surface area contributed by atoms with Crippen molar-refractivity contribution < 1.29 is 10.2 Å². The van der Waals surface area contributed by atoms with Crippen LogP contribution in [0.5, 0.6) is 5.75 Å². The molecule has 0 spiro atoms. The molecule has 0 bridgehead atoms. The maximum absolute atomic E-state index is 5.55. The average Bonchev–Trinajstić information content (AvgIpc) is 2.26. The van der Waals surface area contributed by atoms with Crippen molar-refractivity contribution in [2.45, 2.75) is 0 Å². The van der Waals surface area contributed by atoms with Gasteiger partial charge in [-0.05, 0) is 11.5 Å². The molecule has 2 heteroatoms. The predicted molar refractivity (Wildman–Crippen MR) is 63.3 cm³/mol. The van der Waals surface area contributed by atoms with E-state index in [1.807, 2.05) is 24.3 Å². The highest BCUT2D eigenvalue weighted by molar-refractivity contribution is 5.88. The molecule has 2 rings (SSSR count). The van der Waals surface area contributed by atoms with Crippen LogP contribution in [-0.4, -0.2) is 12.1 Å². The molecular weight excluding hydrogens is 188 g/mol. The molecule has 0 unspecified atom stereocenters. The molecule has 2 nitrogen and oxygen atoms in total. The number of hydrogen-bond donors (Lipinski definition) is 0. The van der Waals surface area contributed by atoms with Gasteiger partial charge in [-0.25, -0.2) is 0 Å². The smallest absolute Gasteiger partial charge is 0.127 e. The van der Waals surface area contributed by atoms with E-state index < -0.39 is 0 Å². The van der Waals surface area contributed by atoms with Crippen LogP contribution in [0.3, 0.4) is 0 Å². The summed E-state index contributed by atoms with van der Waals surface area (Å²) in [5.41, 5.74) is 0. The fourth-order valence-electron chi connectivity index (χ4n) is 1.47. The van der Waals surface area contributed by atoms with Gasteiger partial charge in [0.05, 0.1) is 0 Å². The zero-order valence-electron chi connectivity index (χ0n) is 8.44. The third-order valence-electron chi connectivity index (χ3n) is 2.11. The SMILES string of the molecule is C=CCOc1cccc2ccccc12.O. The number of ether oxygens (including phenoxy) is 1. The van der Waals surface area contributed by atoms with Gasteiger partial charge in [0.25, 0.3) is 0 Å². The first-order chi connectivity index (χ1) is 6.92. The highest BCUT2D eigenvalue weighted by Gasteiger charge is 1.98. The zero-order valence-corrected chi connectivity index (χ0v) is 8.44. The van der Waals surface area contributed by atoms with Crippen molar-refractivity contribution >= 4 is 10.8 Å². The van der Waals surface area contributed by atoms with Crippen LogP contribution in [0, 0.1) is 0 Å². The largest absolute Gasteiger partial charge is 0.489 e. The zero-order chi connectivity index (χ0) is 9.80. The molecule has 0 aliphatic rings. The minimum Gasteiger partial charge on any atom is -0.489 e. The summed E-state index contributed by atoms with van der Waals surface area (Å²) in [5, 5.41) is 2.35. The summed E-state index contributed by atoms with van der Waals surface area (Å²) < 4.78 is 5.55. The normalized spacial score (nSPS) is 9.33. The Morgan fingerprint density at radius 3 is 2.60 bits per heavy atom. The van der Waals surface area contributed by atoms with Crippen molar-refractivity contribution in [3.8, 4) is 5.75 Å². The van der Waals surface area contributed by atoms with Gasteiger partial charge < -0.3 is 10.2 Å². The molecule has 15 heavy (non-hydrogen) atoms. The summed E-state index contributed by atoms with van der Waals surface area (Å²) in [6.07, 6.45) is 1.75. The van der Waals surface area contributed by atoms with E-state index in [9.17, 15) is 0 Å². The second-order valence-corrected chi connectivity index (χ2v) is 3.08. The molecule has 0 saturated heterocycles. The lowest BCUT2D eigenvalue weighted by molar-refractivity contribution is 0.367. The van der Waals surface area contributed by atoms with Gasteiger partial charge >= 0.3 is 0 Å². The lowest BCUT2D eigenvalue weighted by Crippen LogP contribution is -1.92. The summed E-state index contributed by atoms with van der Waals surface area (Å²) in [7, 11) is 0. The van der Waals surface area contributed by atoms with Crippen molar-refractivity contribution in [1.29, 1.82) is 0 Å². The maximum Gasteiger partial charge on any atom is 0.127 e. The van der Waals surface area contributed by atoms with Gasteiger partial charge in [-0.1, -0.05) is 49.1 Å². The molecule has 0 saturated carbocycles. The number of benzene rings is 2. The van der Waals surface area contributed by atoms with Crippen LogP contribution < -0.4 is 4.74 Å². The molecule has 0 aliphatic carbocycles. The van der Waals surface area contributed by atoms with Gasteiger partial charge in [0.2, 0.25) is 0 Å². The van der Waals surface area contributed by atoms with Gasteiger partial charge in [-0.3, -0.25) is 0 Å². The van der Waals surface area contributed by atoms with E-state index >= 15 is 0 Å². The van der Waals surface area contributed by atoms with E-state index in [0.29, 0.717) is 6.61 Å². The average molecular weight is 202 g/mol. The predicted octanol–water partition coefficient (Wildman–Crippen LogP) is 2.58. The molecule has 0 heterocycles. The molecule has 0 atom stereocenters. The Kier molecular flexibility index (Phi) is 3.89. The van der Waals surface area contributed by atoms with Gasteiger partial charge in [0, 0.05) is 5.39 Å². The van der Waals surface area contributed by atoms with E-state index in [-0.39, 0.29) is 5.48 Å². The summed E-state index contributed by atoms with van der Waals surface area (Å²) in [6.45, 7) is 4.18. The Labute approximate surface area is 89.1 Å². The quantitative estimate of drug-likeness (QED) is 0.705. The van der Waals surface area contributed by atoms with Crippen molar-refractivity contribution in [3.63, 3.8) is 0 Å². The fourth-order valence-corrected chi connectivity index (χ4v) is 1.47. The third-order valence-corrected chi connectivity index (χ3v) is 2.11. The van der Waals surface area contributed by atoms with Gasteiger partial charge in [-0.2, -0.15) is 0 Å². The minimum absolute atomic E-state index is 0. The molecule has 0 aromatic heterocycles.